The fraction of sp³-hybridized carbons (Fsp3) is 0.545. The minimum Gasteiger partial charge on any atom is -0.373 e. The van der Waals surface area contributed by atoms with Gasteiger partial charge in [-0.05, 0) is 6.07 Å². The summed E-state index contributed by atoms with van der Waals surface area (Å²) < 4.78 is 27.0. The molecule has 1 saturated heterocycles. The third kappa shape index (κ3) is 4.27. The lowest BCUT2D eigenvalue weighted by Gasteiger charge is -2.21. The van der Waals surface area contributed by atoms with E-state index in [0.717, 1.165) is 17.3 Å². The minimum atomic E-state index is -3.44. The van der Waals surface area contributed by atoms with Gasteiger partial charge in [0.2, 0.25) is 10.0 Å². The molecule has 106 valence electrons. The molecule has 19 heavy (non-hydrogen) atoms. The summed E-state index contributed by atoms with van der Waals surface area (Å²) in [5.74, 6) is 3.80. The van der Waals surface area contributed by atoms with Crippen molar-refractivity contribution in [1.29, 1.82) is 0 Å². The number of rotatable bonds is 5. The number of thioether (sulfide) groups is 2. The molecule has 0 bridgehead atoms. The van der Waals surface area contributed by atoms with Gasteiger partial charge in [0.1, 0.15) is 5.82 Å². The molecule has 1 aliphatic heterocycles. The van der Waals surface area contributed by atoms with Crippen LogP contribution in [0.4, 0.5) is 5.82 Å². The molecule has 1 aromatic heterocycles. The van der Waals surface area contributed by atoms with Crippen LogP contribution in [-0.2, 0) is 10.0 Å². The van der Waals surface area contributed by atoms with Gasteiger partial charge in [-0.15, -0.1) is 0 Å². The van der Waals surface area contributed by atoms with Crippen molar-refractivity contribution in [3.8, 4) is 0 Å². The van der Waals surface area contributed by atoms with Crippen molar-refractivity contribution < 1.29 is 8.42 Å². The van der Waals surface area contributed by atoms with E-state index >= 15 is 0 Å². The number of nitrogens with zero attached hydrogens (tertiary/aromatic N) is 1. The first-order chi connectivity index (χ1) is 9.12. The van der Waals surface area contributed by atoms with E-state index in [9.17, 15) is 8.42 Å². The largest absolute Gasteiger partial charge is 0.373 e. The summed E-state index contributed by atoms with van der Waals surface area (Å²) in [5.41, 5.74) is 0. The van der Waals surface area contributed by atoms with E-state index in [-0.39, 0.29) is 4.90 Å². The van der Waals surface area contributed by atoms with Crippen molar-refractivity contribution >= 4 is 39.4 Å². The number of hydrogen-bond donors (Lipinski definition) is 2. The SMILES string of the molecule is CNc1cc(S(=O)(=O)NCC2CSCCS2)ccn1. The van der Waals surface area contributed by atoms with Crippen LogP contribution < -0.4 is 10.0 Å². The first-order valence-electron chi connectivity index (χ1n) is 5.94. The van der Waals surface area contributed by atoms with E-state index < -0.39 is 10.0 Å². The molecule has 0 aromatic carbocycles. The zero-order valence-corrected chi connectivity index (χ0v) is 13.1. The molecule has 2 N–H and O–H groups in total. The third-order valence-corrected chi connectivity index (χ3v) is 6.95. The lowest BCUT2D eigenvalue weighted by atomic mass is 10.5. The standard InChI is InChI=1S/C11H17N3O2S3/c1-12-11-6-10(2-3-13-11)19(15,16)14-7-9-8-17-4-5-18-9/h2-3,6,9,14H,4-5,7-8H2,1H3,(H,12,13). The molecule has 1 fully saturated rings. The van der Waals surface area contributed by atoms with Crippen LogP contribution in [-0.4, -0.2) is 49.5 Å². The Morgan fingerprint density at radius 2 is 2.32 bits per heavy atom. The maximum atomic E-state index is 12.2. The molecule has 5 nitrogen and oxygen atoms in total. The molecule has 0 radical (unpaired) electrons. The van der Waals surface area contributed by atoms with E-state index in [1.807, 2.05) is 23.5 Å². The quantitative estimate of drug-likeness (QED) is 0.851. The number of pyridine rings is 1. The second-order valence-electron chi connectivity index (χ2n) is 4.05. The van der Waals surface area contributed by atoms with Gasteiger partial charge in [0.25, 0.3) is 0 Å². The van der Waals surface area contributed by atoms with Crippen LogP contribution in [0.1, 0.15) is 0 Å². The molecule has 1 unspecified atom stereocenters. The smallest absolute Gasteiger partial charge is 0.240 e. The predicted octanol–water partition coefficient (Wildman–Crippen LogP) is 1.25. The highest BCUT2D eigenvalue weighted by molar-refractivity contribution is 8.06. The molecule has 1 aliphatic rings. The summed E-state index contributed by atoms with van der Waals surface area (Å²) in [6.45, 7) is 0.483. The van der Waals surface area contributed by atoms with Crippen LogP contribution in [0.2, 0.25) is 0 Å². The molecule has 2 rings (SSSR count). The zero-order chi connectivity index (χ0) is 13.7. The Labute approximate surface area is 122 Å². The van der Waals surface area contributed by atoms with Crippen LogP contribution in [0.15, 0.2) is 23.2 Å². The molecular weight excluding hydrogens is 302 g/mol. The van der Waals surface area contributed by atoms with E-state index in [1.54, 1.807) is 7.05 Å². The first-order valence-corrected chi connectivity index (χ1v) is 9.63. The number of nitrogens with one attached hydrogen (secondary N) is 2. The summed E-state index contributed by atoms with van der Waals surface area (Å²) >= 11 is 3.71. The van der Waals surface area contributed by atoms with Gasteiger partial charge in [-0.1, -0.05) is 0 Å². The molecule has 0 saturated carbocycles. The fourth-order valence-electron chi connectivity index (χ4n) is 1.66. The second-order valence-corrected chi connectivity index (χ2v) is 8.37. The molecule has 0 spiro atoms. The Morgan fingerprint density at radius 1 is 1.47 bits per heavy atom. The van der Waals surface area contributed by atoms with Crippen LogP contribution in [0, 0.1) is 0 Å². The van der Waals surface area contributed by atoms with Gasteiger partial charge < -0.3 is 5.32 Å². The van der Waals surface area contributed by atoms with Crippen LogP contribution in [0.5, 0.6) is 0 Å². The average molecular weight is 319 g/mol. The summed E-state index contributed by atoms with van der Waals surface area (Å²) in [6, 6.07) is 3.04. The highest BCUT2D eigenvalue weighted by Gasteiger charge is 2.19. The Balaban J connectivity index is 2.00. The summed E-state index contributed by atoms with van der Waals surface area (Å²) in [6.07, 6.45) is 1.49. The van der Waals surface area contributed by atoms with E-state index in [1.165, 1.54) is 18.3 Å². The normalized spacial score (nSPS) is 20.2. The lowest BCUT2D eigenvalue weighted by Crippen LogP contribution is -2.33. The van der Waals surface area contributed by atoms with Crippen molar-refractivity contribution in [2.75, 3.05) is 36.2 Å². The molecule has 0 aliphatic carbocycles. The lowest BCUT2D eigenvalue weighted by molar-refractivity contribution is 0.581. The molecule has 8 heteroatoms. The van der Waals surface area contributed by atoms with Gasteiger partial charge in [0, 0.05) is 48.4 Å². The Morgan fingerprint density at radius 3 is 3.00 bits per heavy atom. The summed E-state index contributed by atoms with van der Waals surface area (Å²) in [5, 5.41) is 3.19. The molecular formula is C11H17N3O2S3. The van der Waals surface area contributed by atoms with Gasteiger partial charge in [0.15, 0.2) is 0 Å². The molecule has 2 heterocycles. The Kier molecular flexibility index (Phi) is 5.37. The number of anilines is 1. The topological polar surface area (TPSA) is 71.1 Å². The van der Waals surface area contributed by atoms with Gasteiger partial charge in [-0.25, -0.2) is 18.1 Å². The van der Waals surface area contributed by atoms with Crippen LogP contribution in [0.25, 0.3) is 0 Å². The fourth-order valence-corrected chi connectivity index (χ4v) is 5.47. The zero-order valence-electron chi connectivity index (χ0n) is 10.6. The van der Waals surface area contributed by atoms with Gasteiger partial charge in [-0.3, -0.25) is 0 Å². The average Bonchev–Trinajstić information content (AvgIpc) is 2.46. The maximum absolute atomic E-state index is 12.2. The Bertz CT molecular complexity index is 516. The number of hydrogen-bond acceptors (Lipinski definition) is 6. The summed E-state index contributed by atoms with van der Waals surface area (Å²) in [4.78, 5) is 4.26. The summed E-state index contributed by atoms with van der Waals surface area (Å²) in [7, 11) is -1.73. The van der Waals surface area contributed by atoms with E-state index in [2.05, 4.69) is 15.0 Å². The minimum absolute atomic E-state index is 0.250. The van der Waals surface area contributed by atoms with Crippen molar-refractivity contribution in [2.45, 2.75) is 10.1 Å². The van der Waals surface area contributed by atoms with Gasteiger partial charge in [0.05, 0.1) is 4.90 Å². The van der Waals surface area contributed by atoms with Gasteiger partial charge >= 0.3 is 0 Å². The second kappa shape index (κ2) is 6.83. The van der Waals surface area contributed by atoms with E-state index in [0.29, 0.717) is 17.6 Å². The first kappa shape index (κ1) is 15.0. The maximum Gasteiger partial charge on any atom is 0.240 e. The highest BCUT2D eigenvalue weighted by Crippen LogP contribution is 2.23. The monoisotopic (exact) mass is 319 g/mol. The van der Waals surface area contributed by atoms with E-state index in [4.69, 9.17) is 0 Å². The van der Waals surface area contributed by atoms with Crippen molar-refractivity contribution in [3.63, 3.8) is 0 Å². The van der Waals surface area contributed by atoms with Crippen molar-refractivity contribution in [1.82, 2.24) is 9.71 Å². The third-order valence-electron chi connectivity index (χ3n) is 2.68. The highest BCUT2D eigenvalue weighted by atomic mass is 32.2. The Hall–Kier alpha value is -0.440. The van der Waals surface area contributed by atoms with Crippen molar-refractivity contribution in [3.05, 3.63) is 18.3 Å². The number of aromatic nitrogens is 1. The molecule has 0 amide bonds. The predicted molar refractivity (Wildman–Crippen MR) is 82.5 cm³/mol. The van der Waals surface area contributed by atoms with Gasteiger partial charge in [-0.2, -0.15) is 23.5 Å². The van der Waals surface area contributed by atoms with Crippen LogP contribution >= 0.6 is 23.5 Å². The van der Waals surface area contributed by atoms with Crippen LogP contribution in [0.3, 0.4) is 0 Å². The molecule has 1 atom stereocenters. The molecule has 1 aromatic rings. The van der Waals surface area contributed by atoms with Crippen molar-refractivity contribution in [2.24, 2.45) is 0 Å². The number of sulfonamides is 1.